The van der Waals surface area contributed by atoms with E-state index in [1.165, 1.54) is 18.3 Å². The average molecular weight is 280 g/mol. The molecular formula is C13H11ClFN3O. The fraction of sp³-hybridized carbons (Fsp3) is 0.0769. The molecule has 98 valence electrons. The lowest BCUT2D eigenvalue weighted by Crippen LogP contribution is -2.15. The van der Waals surface area contributed by atoms with Crippen LogP contribution < -0.4 is 11.1 Å². The summed E-state index contributed by atoms with van der Waals surface area (Å²) in [6.45, 7) is 1.78. The van der Waals surface area contributed by atoms with Gasteiger partial charge in [0, 0.05) is 11.9 Å². The van der Waals surface area contributed by atoms with E-state index in [9.17, 15) is 9.18 Å². The highest BCUT2D eigenvalue weighted by Gasteiger charge is 2.14. The second kappa shape index (κ2) is 5.24. The number of nitrogens with zero attached hydrogens (tertiary/aromatic N) is 1. The first-order valence-electron chi connectivity index (χ1n) is 5.46. The number of carbonyl (C=O) groups is 1. The number of aryl methyl sites for hydroxylation is 1. The van der Waals surface area contributed by atoms with Gasteiger partial charge in [0.15, 0.2) is 5.15 Å². The van der Waals surface area contributed by atoms with Crippen LogP contribution in [0.4, 0.5) is 15.8 Å². The maximum Gasteiger partial charge on any atom is 0.257 e. The monoisotopic (exact) mass is 279 g/mol. The third-order valence-corrected chi connectivity index (χ3v) is 2.90. The molecule has 1 amide bonds. The van der Waals surface area contributed by atoms with E-state index in [2.05, 4.69) is 10.3 Å². The van der Waals surface area contributed by atoms with Crippen molar-refractivity contribution < 1.29 is 9.18 Å². The second-order valence-corrected chi connectivity index (χ2v) is 4.34. The molecule has 2 aromatic rings. The zero-order valence-electron chi connectivity index (χ0n) is 10.1. The molecule has 0 saturated carbocycles. The minimum absolute atomic E-state index is 0.0549. The van der Waals surface area contributed by atoms with Crippen molar-refractivity contribution in [3.05, 3.63) is 52.6 Å². The largest absolute Gasteiger partial charge is 0.398 e. The lowest BCUT2D eigenvalue weighted by molar-refractivity contribution is 0.102. The molecule has 0 unspecified atom stereocenters. The second-order valence-electron chi connectivity index (χ2n) is 3.98. The molecule has 0 saturated heterocycles. The van der Waals surface area contributed by atoms with Crippen LogP contribution in [0.2, 0.25) is 5.15 Å². The summed E-state index contributed by atoms with van der Waals surface area (Å²) >= 11 is 5.90. The number of hydrogen-bond donors (Lipinski definition) is 2. The Bertz CT molecular complexity index is 626. The Hall–Kier alpha value is -2.14. The van der Waals surface area contributed by atoms with Crippen LogP contribution in [0.5, 0.6) is 0 Å². The van der Waals surface area contributed by atoms with Gasteiger partial charge in [-0.15, -0.1) is 0 Å². The van der Waals surface area contributed by atoms with Crippen molar-refractivity contribution in [3.63, 3.8) is 0 Å². The molecule has 0 atom stereocenters. The molecule has 0 bridgehead atoms. The van der Waals surface area contributed by atoms with Crippen molar-refractivity contribution in [2.24, 2.45) is 0 Å². The molecule has 1 aromatic carbocycles. The molecule has 4 nitrogen and oxygen atoms in total. The topological polar surface area (TPSA) is 68.0 Å². The van der Waals surface area contributed by atoms with Crippen LogP contribution in [-0.2, 0) is 0 Å². The molecule has 0 radical (unpaired) electrons. The summed E-state index contributed by atoms with van der Waals surface area (Å²) < 4.78 is 13.1. The lowest BCUT2D eigenvalue weighted by Gasteiger charge is -2.10. The van der Waals surface area contributed by atoms with Crippen LogP contribution in [0.1, 0.15) is 15.9 Å². The molecule has 1 aromatic heterocycles. The number of benzene rings is 1. The Labute approximate surface area is 114 Å². The minimum atomic E-state index is -0.534. The molecule has 1 heterocycles. The van der Waals surface area contributed by atoms with Gasteiger partial charge in [0.2, 0.25) is 0 Å². The number of rotatable bonds is 2. The number of hydrogen-bond acceptors (Lipinski definition) is 3. The van der Waals surface area contributed by atoms with E-state index in [4.69, 9.17) is 17.3 Å². The number of pyridine rings is 1. The number of nitrogens with two attached hydrogens (primary N) is 1. The van der Waals surface area contributed by atoms with Crippen LogP contribution in [0, 0.1) is 12.7 Å². The predicted molar refractivity (Wildman–Crippen MR) is 72.7 cm³/mol. The molecule has 6 heteroatoms. The summed E-state index contributed by atoms with van der Waals surface area (Å²) in [5, 5.41) is 2.75. The smallest absolute Gasteiger partial charge is 0.257 e. The van der Waals surface area contributed by atoms with E-state index < -0.39 is 11.7 Å². The number of nitrogen functional groups attached to an aromatic ring is 1. The SMILES string of the molecule is Cc1ccnc(Cl)c1NC(=O)c1cc(F)ccc1N. The third-order valence-electron chi connectivity index (χ3n) is 2.61. The fourth-order valence-corrected chi connectivity index (χ4v) is 1.83. The summed E-state index contributed by atoms with van der Waals surface area (Å²) in [4.78, 5) is 15.9. The van der Waals surface area contributed by atoms with Gasteiger partial charge in [-0.2, -0.15) is 0 Å². The van der Waals surface area contributed by atoms with Crippen LogP contribution in [0.3, 0.4) is 0 Å². The van der Waals surface area contributed by atoms with Crippen LogP contribution in [0.15, 0.2) is 30.5 Å². The maximum atomic E-state index is 13.1. The van der Waals surface area contributed by atoms with E-state index in [1.807, 2.05) is 0 Å². The van der Waals surface area contributed by atoms with Gasteiger partial charge in [-0.3, -0.25) is 4.79 Å². The van der Waals surface area contributed by atoms with E-state index in [-0.39, 0.29) is 16.4 Å². The highest BCUT2D eigenvalue weighted by atomic mass is 35.5. The zero-order chi connectivity index (χ0) is 14.0. The molecule has 0 aliphatic rings. The van der Waals surface area contributed by atoms with Crippen LogP contribution in [-0.4, -0.2) is 10.9 Å². The number of nitrogens with one attached hydrogen (secondary N) is 1. The number of halogens is 2. The van der Waals surface area contributed by atoms with Crippen molar-refractivity contribution >= 4 is 28.9 Å². The summed E-state index contributed by atoms with van der Waals surface area (Å²) in [6.07, 6.45) is 1.53. The van der Waals surface area contributed by atoms with E-state index in [1.54, 1.807) is 13.0 Å². The standard InChI is InChI=1S/C13H11ClFN3O/c1-7-4-5-17-12(14)11(7)18-13(19)9-6-8(15)2-3-10(9)16/h2-6H,16H2,1H3,(H,18,19). The minimum Gasteiger partial charge on any atom is -0.398 e. The van der Waals surface area contributed by atoms with Crippen molar-refractivity contribution in [3.8, 4) is 0 Å². The molecule has 2 rings (SSSR count). The maximum absolute atomic E-state index is 13.1. The predicted octanol–water partition coefficient (Wildman–Crippen LogP) is 3.02. The molecular weight excluding hydrogens is 269 g/mol. The molecule has 3 N–H and O–H groups in total. The summed E-state index contributed by atoms with van der Waals surface area (Å²) in [6, 6.07) is 5.30. The van der Waals surface area contributed by atoms with Crippen molar-refractivity contribution in [1.29, 1.82) is 0 Å². The first kappa shape index (κ1) is 13.3. The van der Waals surface area contributed by atoms with Crippen molar-refractivity contribution in [2.75, 3.05) is 11.1 Å². The number of carbonyl (C=O) groups excluding carboxylic acids is 1. The van der Waals surface area contributed by atoms with Gasteiger partial charge in [0.05, 0.1) is 11.3 Å². The Balaban J connectivity index is 2.34. The summed E-state index contributed by atoms with van der Waals surface area (Å²) in [5.41, 5.74) is 7.03. The fourth-order valence-electron chi connectivity index (χ4n) is 1.58. The first-order valence-corrected chi connectivity index (χ1v) is 5.84. The Morgan fingerprint density at radius 1 is 1.42 bits per heavy atom. The quantitative estimate of drug-likeness (QED) is 0.656. The van der Waals surface area contributed by atoms with Crippen molar-refractivity contribution in [2.45, 2.75) is 6.92 Å². The van der Waals surface area contributed by atoms with Crippen molar-refractivity contribution in [1.82, 2.24) is 4.98 Å². The van der Waals surface area contributed by atoms with Gasteiger partial charge in [-0.1, -0.05) is 11.6 Å². The molecule has 0 spiro atoms. The molecule has 0 fully saturated rings. The normalized spacial score (nSPS) is 10.3. The number of aromatic nitrogens is 1. The Morgan fingerprint density at radius 2 is 2.16 bits per heavy atom. The summed E-state index contributed by atoms with van der Waals surface area (Å²) in [7, 11) is 0. The van der Waals surface area contributed by atoms with E-state index in [0.29, 0.717) is 5.69 Å². The highest BCUT2D eigenvalue weighted by molar-refractivity contribution is 6.33. The summed E-state index contributed by atoms with van der Waals surface area (Å²) in [5.74, 6) is -1.07. The van der Waals surface area contributed by atoms with Gasteiger partial charge < -0.3 is 11.1 Å². The molecule has 19 heavy (non-hydrogen) atoms. The Morgan fingerprint density at radius 3 is 2.84 bits per heavy atom. The van der Waals surface area contributed by atoms with Gasteiger partial charge in [-0.25, -0.2) is 9.37 Å². The number of anilines is 2. The van der Waals surface area contributed by atoms with Gasteiger partial charge >= 0.3 is 0 Å². The first-order chi connectivity index (χ1) is 8.99. The Kier molecular flexibility index (Phi) is 3.66. The zero-order valence-corrected chi connectivity index (χ0v) is 10.8. The van der Waals surface area contributed by atoms with E-state index >= 15 is 0 Å². The number of amides is 1. The highest BCUT2D eigenvalue weighted by Crippen LogP contribution is 2.24. The molecule has 0 aliphatic carbocycles. The van der Waals surface area contributed by atoms with Gasteiger partial charge in [0.25, 0.3) is 5.91 Å². The van der Waals surface area contributed by atoms with E-state index in [0.717, 1.165) is 11.6 Å². The van der Waals surface area contributed by atoms with Crippen LogP contribution >= 0.6 is 11.6 Å². The van der Waals surface area contributed by atoms with Gasteiger partial charge in [0.1, 0.15) is 5.82 Å². The molecule has 0 aliphatic heterocycles. The van der Waals surface area contributed by atoms with Crippen LogP contribution in [0.25, 0.3) is 0 Å². The van der Waals surface area contributed by atoms with Gasteiger partial charge in [-0.05, 0) is 36.8 Å². The average Bonchev–Trinajstić information content (AvgIpc) is 2.37. The lowest BCUT2D eigenvalue weighted by atomic mass is 10.1. The third kappa shape index (κ3) is 2.82.